The van der Waals surface area contributed by atoms with E-state index in [-0.39, 0.29) is 18.0 Å². The van der Waals surface area contributed by atoms with Crippen LogP contribution < -0.4 is 20.7 Å². The fourth-order valence-electron chi connectivity index (χ4n) is 11.3. The van der Waals surface area contributed by atoms with Gasteiger partial charge < -0.3 is 9.80 Å². The molecule has 0 spiro atoms. The maximum Gasteiger partial charge on any atom is 0.242 e. The third-order valence-corrected chi connectivity index (χ3v) is 14.0. The number of hydrogen-bond donors (Lipinski definition) is 0. The number of benzene rings is 6. The summed E-state index contributed by atoms with van der Waals surface area (Å²) in [6.45, 7) is 14.4. The van der Waals surface area contributed by atoms with Gasteiger partial charge >= 0.3 is 0 Å². The Morgan fingerprint density at radius 3 is 1.74 bits per heavy atom. The molecule has 0 saturated heterocycles. The maximum atomic E-state index is 2.63. The van der Waals surface area contributed by atoms with Crippen molar-refractivity contribution in [3.63, 3.8) is 0 Å². The highest BCUT2D eigenvalue weighted by Gasteiger charge is 2.50. The predicted molar refractivity (Wildman–Crippen MR) is 261 cm³/mol. The van der Waals surface area contributed by atoms with E-state index in [9.17, 15) is 0 Å². The van der Waals surface area contributed by atoms with Crippen LogP contribution in [0.3, 0.4) is 0 Å². The molecule has 6 aromatic carbocycles. The van der Waals surface area contributed by atoms with E-state index in [1.54, 1.807) is 0 Å². The minimum atomic E-state index is -0.362. The van der Waals surface area contributed by atoms with Crippen molar-refractivity contribution in [2.75, 3.05) is 9.80 Å². The smallest absolute Gasteiger partial charge is 0.242 e. The highest BCUT2D eigenvalue weighted by molar-refractivity contribution is 6.93. The molecule has 0 amide bonds. The van der Waals surface area contributed by atoms with Crippen LogP contribution in [0.25, 0.3) is 0 Å². The Morgan fingerprint density at radius 2 is 1.15 bits per heavy atom. The molecule has 0 N–H and O–H groups in total. The first-order chi connectivity index (χ1) is 29.8. The third-order valence-electron chi connectivity index (χ3n) is 14.0. The van der Waals surface area contributed by atoms with Gasteiger partial charge in [-0.3, -0.25) is 0 Å². The Kier molecular flexibility index (Phi) is 10.1. The van der Waals surface area contributed by atoms with Crippen LogP contribution in [0.1, 0.15) is 112 Å². The molecule has 302 valence electrons. The summed E-state index contributed by atoms with van der Waals surface area (Å²) in [7, 11) is 0. The molecule has 2 nitrogen and oxygen atoms in total. The molecule has 2 aliphatic heterocycles. The van der Waals surface area contributed by atoms with Gasteiger partial charge in [0.25, 0.3) is 0 Å². The van der Waals surface area contributed by atoms with Crippen molar-refractivity contribution in [1.82, 2.24) is 0 Å². The molecule has 0 radical (unpaired) electrons. The first kappa shape index (κ1) is 39.1. The van der Waals surface area contributed by atoms with Gasteiger partial charge in [-0.2, -0.15) is 0 Å². The molecule has 2 heterocycles. The molecule has 1 atom stereocenters. The van der Waals surface area contributed by atoms with Crippen LogP contribution in [0.4, 0.5) is 22.7 Å². The average Bonchev–Trinajstić information content (AvgIpc) is 3.30. The molecule has 0 fully saturated rings. The number of rotatable bonds is 8. The number of fused-ring (bicyclic) bond motifs is 3. The van der Waals surface area contributed by atoms with Gasteiger partial charge in [-0.15, -0.1) is 0 Å². The van der Waals surface area contributed by atoms with Gasteiger partial charge in [-0.25, -0.2) is 0 Å². The van der Waals surface area contributed by atoms with Crippen LogP contribution in [-0.2, 0) is 5.41 Å². The fourth-order valence-corrected chi connectivity index (χ4v) is 11.3. The lowest BCUT2D eigenvalue weighted by atomic mass is 9.32. The normalized spacial score (nSPS) is 17.7. The zero-order valence-electron chi connectivity index (χ0n) is 36.6. The van der Waals surface area contributed by atoms with Crippen molar-refractivity contribution in [1.29, 1.82) is 0 Å². The first-order valence-corrected chi connectivity index (χ1v) is 22.7. The molecule has 0 bridgehead atoms. The Hall–Kier alpha value is -6.06. The summed E-state index contributed by atoms with van der Waals surface area (Å²) in [6.07, 6.45) is 14.7. The van der Waals surface area contributed by atoms with Gasteiger partial charge in [0.2, 0.25) is 6.71 Å². The van der Waals surface area contributed by atoms with E-state index in [1.165, 1.54) is 83.9 Å². The number of hydrogen-bond acceptors (Lipinski definition) is 2. The lowest BCUT2D eigenvalue weighted by Gasteiger charge is -2.50. The van der Waals surface area contributed by atoms with Crippen LogP contribution in [0.5, 0.6) is 0 Å². The second kappa shape index (κ2) is 15.8. The zero-order chi connectivity index (χ0) is 41.8. The van der Waals surface area contributed by atoms with Crippen molar-refractivity contribution in [3.05, 3.63) is 226 Å². The van der Waals surface area contributed by atoms with E-state index < -0.39 is 0 Å². The number of allylic oxidation sites excluding steroid dienone is 7. The lowest BCUT2D eigenvalue weighted by molar-refractivity contribution is 0.444. The Morgan fingerprint density at radius 1 is 0.574 bits per heavy atom. The zero-order valence-corrected chi connectivity index (χ0v) is 36.6. The van der Waals surface area contributed by atoms with E-state index >= 15 is 0 Å². The largest absolute Gasteiger partial charge is 0.313 e. The highest BCUT2D eigenvalue weighted by Crippen LogP contribution is 2.59. The van der Waals surface area contributed by atoms with Gasteiger partial charge in [-0.1, -0.05) is 192 Å². The van der Waals surface area contributed by atoms with Crippen molar-refractivity contribution in [2.45, 2.75) is 84.0 Å². The summed E-state index contributed by atoms with van der Waals surface area (Å²) in [5.74, 6) is 1.51. The van der Waals surface area contributed by atoms with Crippen LogP contribution in [0, 0.1) is 5.92 Å². The summed E-state index contributed by atoms with van der Waals surface area (Å²) in [4.78, 5) is 5.20. The van der Waals surface area contributed by atoms with Crippen LogP contribution >= 0.6 is 0 Å². The van der Waals surface area contributed by atoms with E-state index in [0.717, 1.165) is 19.3 Å². The van der Waals surface area contributed by atoms with Gasteiger partial charge in [-0.05, 0) is 118 Å². The summed E-state index contributed by atoms with van der Waals surface area (Å²) < 4.78 is 0. The van der Waals surface area contributed by atoms with Gasteiger partial charge in [0.1, 0.15) is 0 Å². The summed E-state index contributed by atoms with van der Waals surface area (Å²) in [6, 6.07) is 55.3. The summed E-state index contributed by atoms with van der Waals surface area (Å²) in [5.41, 5.74) is 20.2. The molecule has 3 heteroatoms. The standard InChI is InChI=1S/C58H57BN2/c1-39(2)42-36-47(40(3)4)57(48(37-42)41(5)6)59-51-30-18-21-33-55(51)60(45-26-14-9-15-27-45)56-38-46(34-35-52(56)59)61-53-31-19-16-28-49(53)58(43-22-10-7-11-23-43,44-24-12-8-13-25-44)50-29-17-20-32-54(50)61/h7-24,26-33,36-41,44H,25,34-35H2,1-6H3. The van der Waals surface area contributed by atoms with Gasteiger partial charge in [0, 0.05) is 22.8 Å². The van der Waals surface area contributed by atoms with E-state index in [1.807, 2.05) is 0 Å². The van der Waals surface area contributed by atoms with E-state index in [4.69, 9.17) is 0 Å². The third kappa shape index (κ3) is 6.30. The molecule has 6 aromatic rings. The van der Waals surface area contributed by atoms with E-state index in [0.29, 0.717) is 17.8 Å². The monoisotopic (exact) mass is 792 g/mol. The SMILES string of the molecule is CC(C)c1cc(C(C)C)c(B2C3=C(C=C(N4c5ccccc5C(c5ccccc5)(C5C=CC=CC5)c5ccccc54)CC3)N(c3ccccc3)c3ccccc32)c(C(C)C)c1. The molecule has 2 aliphatic carbocycles. The second-order valence-electron chi connectivity index (χ2n) is 18.5. The number of para-hydroxylation sites is 4. The maximum absolute atomic E-state index is 2.63. The lowest BCUT2D eigenvalue weighted by Crippen LogP contribution is -2.54. The number of nitrogens with zero attached hydrogens (tertiary/aromatic N) is 2. The summed E-state index contributed by atoms with van der Waals surface area (Å²) >= 11 is 0. The predicted octanol–water partition coefficient (Wildman–Crippen LogP) is 13.9. The fraction of sp³-hybridized carbons (Fsp3) is 0.241. The quantitative estimate of drug-likeness (QED) is 0.142. The molecule has 4 aliphatic rings. The van der Waals surface area contributed by atoms with Gasteiger partial charge in [0.05, 0.1) is 16.8 Å². The molecular formula is C58H57BN2. The van der Waals surface area contributed by atoms with Crippen LogP contribution in [-0.4, -0.2) is 6.71 Å². The van der Waals surface area contributed by atoms with Gasteiger partial charge in [0.15, 0.2) is 0 Å². The molecule has 0 aromatic heterocycles. The molecule has 1 unspecified atom stereocenters. The minimum Gasteiger partial charge on any atom is -0.313 e. The molecular weight excluding hydrogens is 735 g/mol. The van der Waals surface area contributed by atoms with Crippen LogP contribution in [0.2, 0.25) is 0 Å². The average molecular weight is 793 g/mol. The first-order valence-electron chi connectivity index (χ1n) is 22.7. The Labute approximate surface area is 364 Å². The van der Waals surface area contributed by atoms with Crippen molar-refractivity contribution in [2.24, 2.45) is 5.92 Å². The van der Waals surface area contributed by atoms with E-state index in [2.05, 4.69) is 227 Å². The Balaban J connectivity index is 1.24. The molecule has 61 heavy (non-hydrogen) atoms. The second-order valence-corrected chi connectivity index (χ2v) is 18.5. The minimum absolute atomic E-state index is 0.151. The van der Waals surface area contributed by atoms with Crippen molar-refractivity contribution in [3.8, 4) is 0 Å². The van der Waals surface area contributed by atoms with Crippen molar-refractivity contribution < 1.29 is 0 Å². The molecule has 10 rings (SSSR count). The number of anilines is 4. The highest BCUT2D eigenvalue weighted by atomic mass is 15.2. The van der Waals surface area contributed by atoms with Crippen LogP contribution in [0.15, 0.2) is 193 Å². The molecule has 0 saturated carbocycles. The van der Waals surface area contributed by atoms with Crippen molar-refractivity contribution >= 4 is 40.4 Å². The Bertz CT molecular complexity index is 2660. The summed E-state index contributed by atoms with van der Waals surface area (Å²) in [5, 5.41) is 0. The topological polar surface area (TPSA) is 6.48 Å².